The summed E-state index contributed by atoms with van der Waals surface area (Å²) in [6.45, 7) is 1.00. The van der Waals surface area contributed by atoms with E-state index in [4.69, 9.17) is 9.84 Å². The quantitative estimate of drug-likeness (QED) is 0.406. The number of alkyl carbamates (subject to hydrolysis) is 1. The van der Waals surface area contributed by atoms with E-state index >= 15 is 0 Å². The number of carboxylic acids is 1. The minimum atomic E-state index is -0.865. The summed E-state index contributed by atoms with van der Waals surface area (Å²) in [5, 5.41) is 14.4. The van der Waals surface area contributed by atoms with Crippen LogP contribution >= 0.6 is 0 Å². The monoisotopic (exact) mass is 478 g/mol. The third kappa shape index (κ3) is 6.41. The van der Waals surface area contributed by atoms with E-state index in [1.165, 1.54) is 22.3 Å². The first kappa shape index (κ1) is 24.8. The van der Waals surface area contributed by atoms with E-state index in [0.717, 1.165) is 25.7 Å². The van der Waals surface area contributed by atoms with Gasteiger partial charge in [-0.1, -0.05) is 74.2 Å². The first-order chi connectivity index (χ1) is 17.0. The maximum atomic E-state index is 12.6. The highest BCUT2D eigenvalue weighted by Crippen LogP contribution is 2.44. The van der Waals surface area contributed by atoms with Crippen molar-refractivity contribution in [2.45, 2.75) is 50.9 Å². The van der Waals surface area contributed by atoms with Crippen LogP contribution in [0.3, 0.4) is 0 Å². The lowest BCUT2D eigenvalue weighted by Crippen LogP contribution is -2.36. The van der Waals surface area contributed by atoms with Crippen LogP contribution in [0.1, 0.15) is 62.0 Å². The van der Waals surface area contributed by atoms with Crippen molar-refractivity contribution in [3.63, 3.8) is 0 Å². The van der Waals surface area contributed by atoms with Crippen LogP contribution in [-0.2, 0) is 14.3 Å². The van der Waals surface area contributed by atoms with Gasteiger partial charge in [0.05, 0.1) is 0 Å². The Labute approximate surface area is 206 Å². The Kier molecular flexibility index (Phi) is 8.40. The van der Waals surface area contributed by atoms with Gasteiger partial charge in [0.2, 0.25) is 5.91 Å². The molecular formula is C28H34N2O5. The van der Waals surface area contributed by atoms with E-state index in [1.54, 1.807) is 0 Å². The lowest BCUT2D eigenvalue weighted by atomic mass is 9.87. The number of hydrogen-bond acceptors (Lipinski definition) is 4. The summed E-state index contributed by atoms with van der Waals surface area (Å²) in [4.78, 5) is 35.7. The number of carbonyl (C=O) groups excluding carboxylic acids is 2. The standard InChI is InChI=1S/C28H34N2O5/c31-26(29-15-7-14-27(32)33)16-20(19-8-1-2-9-19)17-30-28(34)35-18-25-23-12-5-3-10-21(23)22-11-4-6-13-24(22)25/h3-6,10-13,19-20,25H,1-2,7-9,14-18H2,(H,29,31)(H,30,34)(H,32,33). The molecule has 4 rings (SSSR count). The summed E-state index contributed by atoms with van der Waals surface area (Å²) in [5.41, 5.74) is 4.72. The molecule has 0 saturated heterocycles. The highest BCUT2D eigenvalue weighted by Gasteiger charge is 2.30. The maximum absolute atomic E-state index is 12.6. The van der Waals surface area contributed by atoms with Crippen molar-refractivity contribution in [1.82, 2.24) is 10.6 Å². The largest absolute Gasteiger partial charge is 0.481 e. The number of fused-ring (bicyclic) bond motifs is 3. The molecule has 186 valence electrons. The van der Waals surface area contributed by atoms with Gasteiger partial charge in [0.1, 0.15) is 6.61 Å². The smallest absolute Gasteiger partial charge is 0.407 e. The van der Waals surface area contributed by atoms with Gasteiger partial charge in [-0.15, -0.1) is 0 Å². The molecule has 1 fully saturated rings. The Balaban J connectivity index is 1.29. The van der Waals surface area contributed by atoms with E-state index in [9.17, 15) is 14.4 Å². The number of carboxylic acid groups (broad SMARTS) is 1. The van der Waals surface area contributed by atoms with Gasteiger partial charge in [0.25, 0.3) is 0 Å². The topological polar surface area (TPSA) is 105 Å². The molecule has 0 aliphatic heterocycles. The van der Waals surface area contributed by atoms with Crippen LogP contribution < -0.4 is 10.6 Å². The molecule has 0 aromatic heterocycles. The van der Waals surface area contributed by atoms with E-state index in [0.29, 0.717) is 31.8 Å². The van der Waals surface area contributed by atoms with Crippen molar-refractivity contribution in [2.75, 3.05) is 19.7 Å². The normalized spacial score (nSPS) is 15.8. The molecule has 0 bridgehead atoms. The molecule has 1 atom stereocenters. The molecule has 2 aromatic rings. The third-order valence-electron chi connectivity index (χ3n) is 7.26. The maximum Gasteiger partial charge on any atom is 0.407 e. The van der Waals surface area contributed by atoms with E-state index < -0.39 is 12.1 Å². The molecule has 2 amide bonds. The lowest BCUT2D eigenvalue weighted by Gasteiger charge is -2.23. The van der Waals surface area contributed by atoms with Gasteiger partial charge in [-0.2, -0.15) is 0 Å². The van der Waals surface area contributed by atoms with Crippen LogP contribution in [0, 0.1) is 11.8 Å². The molecular weight excluding hydrogens is 444 g/mol. The molecule has 2 aromatic carbocycles. The zero-order chi connectivity index (χ0) is 24.6. The van der Waals surface area contributed by atoms with Crippen molar-refractivity contribution in [1.29, 1.82) is 0 Å². The summed E-state index contributed by atoms with van der Waals surface area (Å²) in [7, 11) is 0. The fourth-order valence-corrected chi connectivity index (χ4v) is 5.48. The number of ether oxygens (including phenoxy) is 1. The predicted molar refractivity (Wildman–Crippen MR) is 133 cm³/mol. The Hall–Kier alpha value is -3.35. The highest BCUT2D eigenvalue weighted by atomic mass is 16.5. The van der Waals surface area contributed by atoms with Crippen molar-refractivity contribution >= 4 is 18.0 Å². The van der Waals surface area contributed by atoms with Crippen molar-refractivity contribution in [3.05, 3.63) is 59.7 Å². The Morgan fingerprint density at radius 1 is 0.943 bits per heavy atom. The Bertz CT molecular complexity index is 1000. The number of nitrogens with one attached hydrogen (secondary N) is 2. The zero-order valence-electron chi connectivity index (χ0n) is 20.0. The lowest BCUT2D eigenvalue weighted by molar-refractivity contribution is -0.137. The Morgan fingerprint density at radius 2 is 1.57 bits per heavy atom. The molecule has 1 saturated carbocycles. The number of hydrogen-bond donors (Lipinski definition) is 3. The summed E-state index contributed by atoms with van der Waals surface area (Å²) in [6, 6.07) is 16.5. The Morgan fingerprint density at radius 3 is 2.20 bits per heavy atom. The average molecular weight is 479 g/mol. The summed E-state index contributed by atoms with van der Waals surface area (Å²) in [5.74, 6) is -0.515. The molecule has 7 heteroatoms. The van der Waals surface area contributed by atoms with E-state index in [2.05, 4.69) is 34.9 Å². The second-order valence-corrected chi connectivity index (χ2v) is 9.56. The summed E-state index contributed by atoms with van der Waals surface area (Å²) in [6.07, 6.45) is 4.71. The number of rotatable bonds is 11. The van der Waals surface area contributed by atoms with Gasteiger partial charge in [-0.25, -0.2) is 4.79 Å². The van der Waals surface area contributed by atoms with Gasteiger partial charge in [0.15, 0.2) is 0 Å². The second kappa shape index (κ2) is 11.9. The summed E-state index contributed by atoms with van der Waals surface area (Å²) < 4.78 is 5.65. The number of carbonyl (C=O) groups is 3. The summed E-state index contributed by atoms with van der Waals surface area (Å²) >= 11 is 0. The van der Waals surface area contributed by atoms with Gasteiger partial charge < -0.3 is 20.5 Å². The first-order valence-electron chi connectivity index (χ1n) is 12.6. The first-order valence-corrected chi connectivity index (χ1v) is 12.6. The molecule has 2 aliphatic rings. The predicted octanol–water partition coefficient (Wildman–Crippen LogP) is 4.70. The van der Waals surface area contributed by atoms with Gasteiger partial charge >= 0.3 is 12.1 Å². The highest BCUT2D eigenvalue weighted by molar-refractivity contribution is 5.79. The molecule has 0 heterocycles. The zero-order valence-corrected chi connectivity index (χ0v) is 20.0. The van der Waals surface area contributed by atoms with Crippen molar-refractivity contribution < 1.29 is 24.2 Å². The minimum absolute atomic E-state index is 0.00959. The fourth-order valence-electron chi connectivity index (χ4n) is 5.48. The van der Waals surface area contributed by atoms with Crippen LogP contribution in [0.2, 0.25) is 0 Å². The van der Waals surface area contributed by atoms with Gasteiger partial charge in [0, 0.05) is 31.8 Å². The molecule has 0 radical (unpaired) electrons. The van der Waals surface area contributed by atoms with Crippen molar-refractivity contribution in [3.8, 4) is 11.1 Å². The minimum Gasteiger partial charge on any atom is -0.481 e. The molecule has 35 heavy (non-hydrogen) atoms. The van der Waals surface area contributed by atoms with E-state index in [1.807, 2.05) is 24.3 Å². The molecule has 1 unspecified atom stereocenters. The van der Waals surface area contributed by atoms with Crippen LogP contribution in [0.25, 0.3) is 11.1 Å². The van der Waals surface area contributed by atoms with Crippen LogP contribution in [0.5, 0.6) is 0 Å². The third-order valence-corrected chi connectivity index (χ3v) is 7.26. The molecule has 2 aliphatic carbocycles. The van der Waals surface area contributed by atoms with Crippen molar-refractivity contribution in [2.24, 2.45) is 11.8 Å². The molecule has 0 spiro atoms. The van der Waals surface area contributed by atoms with Gasteiger partial charge in [-0.05, 0) is 40.5 Å². The number of aliphatic carboxylic acids is 1. The molecule has 3 N–H and O–H groups in total. The van der Waals surface area contributed by atoms with Crippen LogP contribution in [0.4, 0.5) is 4.79 Å². The SMILES string of the molecule is O=C(O)CCCNC(=O)CC(CNC(=O)OCC1c2ccccc2-c2ccccc21)C1CCCC1. The van der Waals surface area contributed by atoms with E-state index in [-0.39, 0.29) is 30.8 Å². The number of benzene rings is 2. The second-order valence-electron chi connectivity index (χ2n) is 9.56. The number of amides is 2. The molecule has 7 nitrogen and oxygen atoms in total. The fraction of sp³-hybridized carbons (Fsp3) is 0.464. The van der Waals surface area contributed by atoms with Crippen LogP contribution in [-0.4, -0.2) is 42.8 Å². The average Bonchev–Trinajstić information content (AvgIpc) is 3.50. The van der Waals surface area contributed by atoms with Crippen LogP contribution in [0.15, 0.2) is 48.5 Å². The van der Waals surface area contributed by atoms with Gasteiger partial charge in [-0.3, -0.25) is 9.59 Å².